The maximum absolute atomic E-state index is 7.43. The second kappa shape index (κ2) is 3.37. The van der Waals surface area contributed by atoms with E-state index >= 15 is 0 Å². The van der Waals surface area contributed by atoms with Crippen molar-refractivity contribution in [3.63, 3.8) is 0 Å². The van der Waals surface area contributed by atoms with Crippen molar-refractivity contribution in [2.75, 3.05) is 12.4 Å². The van der Waals surface area contributed by atoms with Crippen LogP contribution < -0.4 is 10.5 Å². The molecule has 3 heteroatoms. The minimum Gasteiger partial charge on any atom is -0.481 e. The number of ether oxygens (including phenoxy) is 1. The molecular weight excluding hydrogens is 170 g/mol. The molecule has 0 aromatic heterocycles. The van der Waals surface area contributed by atoms with Crippen molar-refractivity contribution in [3.05, 3.63) is 23.8 Å². The maximum atomic E-state index is 7.43. The molecular formula is C9H11NOS. The Kier molecular flexibility index (Phi) is 1.65. The van der Waals surface area contributed by atoms with E-state index in [1.54, 1.807) is 0 Å². The summed E-state index contributed by atoms with van der Waals surface area (Å²) in [5.41, 5.74) is 6.53. The molecule has 0 amide bonds. The van der Waals surface area contributed by atoms with E-state index in [0.717, 1.165) is 28.6 Å². The number of thioether (sulfide) groups is 1. The highest BCUT2D eigenvalue weighted by Gasteiger charge is 2.11. The fourth-order valence-electron chi connectivity index (χ4n) is 1.15. The fourth-order valence-corrected chi connectivity index (χ4v) is 1.71. The molecule has 0 fully saturated rings. The first-order chi connectivity index (χ1) is 6.61. The first-order valence-corrected chi connectivity index (χ1v) is 4.63. The highest BCUT2D eigenvalue weighted by Crippen LogP contribution is 2.36. The predicted molar refractivity (Wildman–Crippen MR) is 50.6 cm³/mol. The summed E-state index contributed by atoms with van der Waals surface area (Å²) >= 11 is 1.10. The Hall–Kier alpha value is -0.670. The first kappa shape index (κ1) is 5.89. The van der Waals surface area contributed by atoms with Crippen LogP contribution in [0.3, 0.4) is 0 Å². The van der Waals surface area contributed by atoms with Crippen LogP contribution in [0.2, 0.25) is 0 Å². The molecule has 2 rings (SSSR count). The van der Waals surface area contributed by atoms with Crippen LogP contribution in [0.5, 0.6) is 5.75 Å². The first-order valence-electron chi connectivity index (χ1n) is 4.82. The number of nitrogens with two attached hydrogens (primary N) is 1. The van der Waals surface area contributed by atoms with E-state index in [4.69, 9.17) is 13.2 Å². The van der Waals surface area contributed by atoms with Crippen molar-refractivity contribution in [3.8, 4) is 5.75 Å². The molecule has 0 bridgehead atoms. The Bertz CT molecular complexity index is 357. The van der Waals surface area contributed by atoms with Crippen LogP contribution in [0.1, 0.15) is 8.30 Å². The van der Waals surface area contributed by atoms with Crippen LogP contribution >= 0.6 is 11.8 Å². The van der Waals surface area contributed by atoms with Gasteiger partial charge in [-0.1, -0.05) is 17.8 Å². The highest BCUT2D eigenvalue weighted by atomic mass is 32.2. The summed E-state index contributed by atoms with van der Waals surface area (Å²) in [5.74, 6) is -0.991. The summed E-state index contributed by atoms with van der Waals surface area (Å²) in [6, 6.07) is 5.71. The lowest BCUT2D eigenvalue weighted by Crippen LogP contribution is -2.02. The van der Waals surface area contributed by atoms with E-state index in [1.165, 1.54) is 0 Å². The molecule has 0 spiro atoms. The summed E-state index contributed by atoms with van der Waals surface area (Å²) in [6.45, 7) is 0.596. The third kappa shape index (κ3) is 1.42. The Morgan fingerprint density at radius 3 is 3.42 bits per heavy atom. The van der Waals surface area contributed by atoms with Gasteiger partial charge in [0, 0.05) is 0 Å². The maximum Gasteiger partial charge on any atom is 0.138 e. The van der Waals surface area contributed by atoms with E-state index in [-0.39, 0.29) is 0 Å². The molecule has 0 saturated carbocycles. The fraction of sp³-hybridized carbons (Fsp3) is 0.333. The number of fused-ring (bicyclic) bond motifs is 1. The van der Waals surface area contributed by atoms with Crippen molar-refractivity contribution in [2.45, 2.75) is 11.3 Å². The summed E-state index contributed by atoms with van der Waals surface area (Å²) in [4.78, 5) is 0.857. The molecule has 1 heterocycles. The lowest BCUT2D eigenvalue weighted by atomic mass is 10.1. The van der Waals surface area contributed by atoms with Crippen LogP contribution in [0.4, 0.5) is 0 Å². The van der Waals surface area contributed by atoms with Crippen molar-refractivity contribution in [2.24, 2.45) is 5.73 Å². The van der Waals surface area contributed by atoms with E-state index < -0.39 is 5.89 Å². The molecule has 1 aliphatic rings. The van der Waals surface area contributed by atoms with Crippen LogP contribution in [0.25, 0.3) is 0 Å². The Morgan fingerprint density at radius 2 is 2.58 bits per heavy atom. The van der Waals surface area contributed by atoms with Crippen molar-refractivity contribution < 1.29 is 7.48 Å². The summed E-state index contributed by atoms with van der Waals surface area (Å²) in [7, 11) is 0. The monoisotopic (exact) mass is 183 g/mol. The molecule has 64 valence electrons. The van der Waals surface area contributed by atoms with Crippen LogP contribution in [0.15, 0.2) is 23.1 Å². The summed E-state index contributed by atoms with van der Waals surface area (Å²) in [6.07, 6.45) is 0.796. The highest BCUT2D eigenvalue weighted by molar-refractivity contribution is 7.99. The molecule has 12 heavy (non-hydrogen) atoms. The van der Waals surface area contributed by atoms with Gasteiger partial charge in [0.25, 0.3) is 0 Å². The SMILES string of the molecule is [2H]C1([2H])Oc2cc(CCN)ccc2S1. The topological polar surface area (TPSA) is 35.2 Å². The zero-order valence-corrected chi connectivity index (χ0v) is 7.36. The smallest absolute Gasteiger partial charge is 0.138 e. The molecule has 1 aromatic carbocycles. The van der Waals surface area contributed by atoms with Gasteiger partial charge in [0.05, 0.1) is 7.64 Å². The molecule has 0 aliphatic carbocycles. The zero-order valence-electron chi connectivity index (χ0n) is 8.54. The largest absolute Gasteiger partial charge is 0.481 e. The quantitative estimate of drug-likeness (QED) is 0.757. The normalized spacial score (nSPS) is 20.8. The summed E-state index contributed by atoms with van der Waals surface area (Å²) < 4.78 is 20.0. The predicted octanol–water partition coefficient (Wildman–Crippen LogP) is 1.63. The molecule has 0 unspecified atom stereocenters. The molecule has 0 radical (unpaired) electrons. The minimum absolute atomic E-state index is 0.596. The number of benzene rings is 1. The lowest BCUT2D eigenvalue weighted by molar-refractivity contribution is 0.397. The molecule has 0 atom stereocenters. The average Bonchev–Trinajstić information content (AvgIpc) is 2.38. The third-order valence-electron chi connectivity index (χ3n) is 1.74. The Morgan fingerprint density at radius 1 is 1.67 bits per heavy atom. The average molecular weight is 183 g/mol. The molecule has 1 aliphatic heterocycles. The van der Waals surface area contributed by atoms with Gasteiger partial charge >= 0.3 is 0 Å². The van der Waals surface area contributed by atoms with Gasteiger partial charge in [0.1, 0.15) is 11.6 Å². The van der Waals surface area contributed by atoms with Crippen LogP contribution in [-0.2, 0) is 6.42 Å². The van der Waals surface area contributed by atoms with Crippen molar-refractivity contribution in [1.29, 1.82) is 0 Å². The van der Waals surface area contributed by atoms with E-state index in [2.05, 4.69) is 0 Å². The van der Waals surface area contributed by atoms with Gasteiger partial charge in [-0.05, 0) is 30.7 Å². The van der Waals surface area contributed by atoms with E-state index in [9.17, 15) is 0 Å². The molecule has 2 N–H and O–H groups in total. The van der Waals surface area contributed by atoms with Gasteiger partial charge in [-0.3, -0.25) is 0 Å². The standard InChI is InChI=1S/C9H11NOS/c10-4-3-7-1-2-9-8(5-7)11-6-12-9/h1-2,5H,3-4,6,10H2/i6D2. The Balaban J connectivity index is 2.26. The summed E-state index contributed by atoms with van der Waals surface area (Å²) in [5, 5.41) is 0. The second-order valence-electron chi connectivity index (χ2n) is 2.61. The van der Waals surface area contributed by atoms with Gasteiger partial charge in [-0.2, -0.15) is 0 Å². The second-order valence-corrected chi connectivity index (χ2v) is 3.42. The minimum atomic E-state index is -1.62. The van der Waals surface area contributed by atoms with Gasteiger partial charge in [0.2, 0.25) is 0 Å². The third-order valence-corrected chi connectivity index (χ3v) is 2.47. The van der Waals surface area contributed by atoms with Gasteiger partial charge < -0.3 is 10.5 Å². The number of hydrogen-bond donors (Lipinski definition) is 1. The molecule has 0 saturated heterocycles. The van der Waals surface area contributed by atoms with Gasteiger partial charge in [0.15, 0.2) is 0 Å². The van der Waals surface area contributed by atoms with E-state index in [0.29, 0.717) is 12.3 Å². The lowest BCUT2D eigenvalue weighted by Gasteiger charge is -2.01. The van der Waals surface area contributed by atoms with E-state index in [1.807, 2.05) is 18.2 Å². The molecule has 1 aromatic rings. The van der Waals surface area contributed by atoms with Gasteiger partial charge in [-0.15, -0.1) is 0 Å². The zero-order chi connectivity index (χ0) is 10.2. The van der Waals surface area contributed by atoms with Crippen molar-refractivity contribution >= 4 is 11.8 Å². The van der Waals surface area contributed by atoms with Crippen LogP contribution in [0, 0.1) is 0 Å². The number of rotatable bonds is 2. The Labute approximate surface area is 78.9 Å². The number of hydrogen-bond acceptors (Lipinski definition) is 3. The molecule has 2 nitrogen and oxygen atoms in total. The van der Waals surface area contributed by atoms with Gasteiger partial charge in [-0.25, -0.2) is 0 Å². The van der Waals surface area contributed by atoms with Crippen LogP contribution in [-0.4, -0.2) is 12.4 Å². The van der Waals surface area contributed by atoms with Crippen molar-refractivity contribution in [1.82, 2.24) is 0 Å².